The Balaban J connectivity index is 1.65. The standard InChI is InChI=1S/C22H22ClN3O5/c1-14(2)26-29-11-10-22(3,21(27)28)31-17-7-5-16(6-8-17)30-20-13-24-19-12-15(23)4-9-18(19)25-20/h4-9,12-13,26H,1,10-11H2,2-3H3,(H,27,28). The van der Waals surface area contributed by atoms with E-state index in [1.54, 1.807) is 49.4 Å². The second-order valence-electron chi connectivity index (χ2n) is 7.03. The molecule has 9 heteroatoms. The number of carboxylic acid groups (broad SMARTS) is 1. The first-order chi connectivity index (χ1) is 14.7. The monoisotopic (exact) mass is 443 g/mol. The average Bonchev–Trinajstić information content (AvgIpc) is 2.72. The number of carboxylic acids is 1. The van der Waals surface area contributed by atoms with E-state index in [1.807, 2.05) is 0 Å². The average molecular weight is 444 g/mol. The van der Waals surface area contributed by atoms with Gasteiger partial charge in [-0.05, 0) is 56.3 Å². The van der Waals surface area contributed by atoms with Gasteiger partial charge in [0.25, 0.3) is 0 Å². The molecule has 1 unspecified atom stereocenters. The lowest BCUT2D eigenvalue weighted by atomic mass is 10.0. The Labute approximate surface area is 184 Å². The molecule has 31 heavy (non-hydrogen) atoms. The topological polar surface area (TPSA) is 103 Å². The Kier molecular flexibility index (Phi) is 6.94. The van der Waals surface area contributed by atoms with Crippen molar-refractivity contribution in [3.8, 4) is 17.4 Å². The third-order valence-corrected chi connectivity index (χ3v) is 4.49. The fourth-order valence-electron chi connectivity index (χ4n) is 2.59. The molecule has 8 nitrogen and oxygen atoms in total. The zero-order valence-corrected chi connectivity index (χ0v) is 17.8. The lowest BCUT2D eigenvalue weighted by molar-refractivity contribution is -0.155. The highest BCUT2D eigenvalue weighted by Gasteiger charge is 2.35. The normalized spacial score (nSPS) is 12.7. The van der Waals surface area contributed by atoms with Gasteiger partial charge in [-0.15, -0.1) is 0 Å². The summed E-state index contributed by atoms with van der Waals surface area (Å²) in [6.07, 6.45) is 1.63. The van der Waals surface area contributed by atoms with Crippen LogP contribution in [0.3, 0.4) is 0 Å². The van der Waals surface area contributed by atoms with Gasteiger partial charge in [-0.3, -0.25) is 10.3 Å². The Bertz CT molecular complexity index is 1090. The van der Waals surface area contributed by atoms with Crippen molar-refractivity contribution in [2.24, 2.45) is 0 Å². The largest absolute Gasteiger partial charge is 0.478 e. The Morgan fingerprint density at radius 1 is 1.19 bits per heavy atom. The van der Waals surface area contributed by atoms with Crippen molar-refractivity contribution in [2.45, 2.75) is 25.9 Å². The molecule has 1 heterocycles. The Hall–Kier alpha value is -3.36. The first kappa shape index (κ1) is 22.3. The molecule has 0 bridgehead atoms. The van der Waals surface area contributed by atoms with E-state index >= 15 is 0 Å². The molecular weight excluding hydrogens is 422 g/mol. The van der Waals surface area contributed by atoms with Gasteiger partial charge in [0.15, 0.2) is 0 Å². The molecule has 0 radical (unpaired) electrons. The number of aromatic nitrogens is 2. The summed E-state index contributed by atoms with van der Waals surface area (Å²) in [5.41, 5.74) is 3.06. The van der Waals surface area contributed by atoms with Gasteiger partial charge in [0.2, 0.25) is 11.5 Å². The minimum absolute atomic E-state index is 0.123. The lowest BCUT2D eigenvalue weighted by Gasteiger charge is -2.26. The van der Waals surface area contributed by atoms with Gasteiger partial charge in [0, 0.05) is 17.1 Å². The highest BCUT2D eigenvalue weighted by Crippen LogP contribution is 2.27. The molecule has 0 spiro atoms. The van der Waals surface area contributed by atoms with Gasteiger partial charge < -0.3 is 14.6 Å². The number of carbonyl (C=O) groups is 1. The van der Waals surface area contributed by atoms with Crippen molar-refractivity contribution >= 4 is 28.6 Å². The van der Waals surface area contributed by atoms with Crippen LogP contribution in [0.2, 0.25) is 5.02 Å². The highest BCUT2D eigenvalue weighted by molar-refractivity contribution is 6.31. The molecule has 1 aromatic heterocycles. The van der Waals surface area contributed by atoms with Crippen molar-refractivity contribution in [1.29, 1.82) is 0 Å². The maximum Gasteiger partial charge on any atom is 0.347 e. The number of ether oxygens (including phenoxy) is 2. The third-order valence-electron chi connectivity index (χ3n) is 4.25. The van der Waals surface area contributed by atoms with Crippen molar-refractivity contribution < 1.29 is 24.2 Å². The van der Waals surface area contributed by atoms with E-state index in [1.165, 1.54) is 13.1 Å². The van der Waals surface area contributed by atoms with E-state index in [0.29, 0.717) is 39.1 Å². The fraction of sp³-hybridized carbons (Fsp3) is 0.227. The summed E-state index contributed by atoms with van der Waals surface area (Å²) in [5.74, 6) is 0.102. The van der Waals surface area contributed by atoms with Crippen LogP contribution in [-0.4, -0.2) is 33.3 Å². The van der Waals surface area contributed by atoms with Crippen LogP contribution in [0.1, 0.15) is 20.3 Å². The van der Waals surface area contributed by atoms with Crippen molar-refractivity contribution in [3.05, 3.63) is 66.0 Å². The number of nitrogens with one attached hydrogen (secondary N) is 1. The Morgan fingerprint density at radius 3 is 2.58 bits per heavy atom. The number of nitrogens with zero attached hydrogens (tertiary/aromatic N) is 2. The lowest BCUT2D eigenvalue weighted by Crippen LogP contribution is -2.43. The van der Waals surface area contributed by atoms with Crippen LogP contribution in [0, 0.1) is 0 Å². The summed E-state index contributed by atoms with van der Waals surface area (Å²) >= 11 is 5.96. The van der Waals surface area contributed by atoms with Crippen LogP contribution in [-0.2, 0) is 9.63 Å². The smallest absolute Gasteiger partial charge is 0.347 e. The van der Waals surface area contributed by atoms with Crippen LogP contribution in [0.25, 0.3) is 11.0 Å². The molecule has 0 saturated heterocycles. The van der Waals surface area contributed by atoms with E-state index in [-0.39, 0.29) is 13.0 Å². The van der Waals surface area contributed by atoms with Gasteiger partial charge in [0.05, 0.1) is 23.8 Å². The molecule has 2 aromatic carbocycles. The second kappa shape index (κ2) is 9.63. The van der Waals surface area contributed by atoms with Crippen molar-refractivity contribution in [2.75, 3.05) is 6.61 Å². The molecule has 0 aliphatic carbocycles. The van der Waals surface area contributed by atoms with Crippen LogP contribution < -0.4 is 15.0 Å². The molecule has 162 valence electrons. The highest BCUT2D eigenvalue weighted by atomic mass is 35.5. The molecule has 3 aromatic rings. The number of allylic oxidation sites excluding steroid dienone is 1. The maximum absolute atomic E-state index is 11.7. The SMILES string of the molecule is C=C(C)NOCCC(C)(Oc1ccc(Oc2cnc3cc(Cl)ccc3n2)cc1)C(=O)O. The zero-order chi connectivity index (χ0) is 22.4. The van der Waals surface area contributed by atoms with Gasteiger partial charge in [-0.1, -0.05) is 18.2 Å². The third kappa shape index (κ3) is 6.07. The first-order valence-electron chi connectivity index (χ1n) is 9.41. The maximum atomic E-state index is 11.7. The molecular formula is C22H22ClN3O5. The van der Waals surface area contributed by atoms with Gasteiger partial charge in [-0.2, -0.15) is 0 Å². The van der Waals surface area contributed by atoms with E-state index in [0.717, 1.165) is 0 Å². The van der Waals surface area contributed by atoms with E-state index in [9.17, 15) is 9.90 Å². The minimum atomic E-state index is -1.47. The first-order valence-corrected chi connectivity index (χ1v) is 9.79. The van der Waals surface area contributed by atoms with Gasteiger partial charge in [-0.25, -0.2) is 14.8 Å². The van der Waals surface area contributed by atoms with Gasteiger partial charge in [0.1, 0.15) is 11.5 Å². The van der Waals surface area contributed by atoms with Crippen LogP contribution in [0.4, 0.5) is 0 Å². The van der Waals surface area contributed by atoms with Crippen LogP contribution in [0.5, 0.6) is 17.4 Å². The molecule has 0 fully saturated rings. The van der Waals surface area contributed by atoms with Crippen molar-refractivity contribution in [3.63, 3.8) is 0 Å². The molecule has 0 aliphatic rings. The van der Waals surface area contributed by atoms with Crippen LogP contribution >= 0.6 is 11.6 Å². The van der Waals surface area contributed by atoms with Crippen molar-refractivity contribution in [1.82, 2.24) is 15.4 Å². The number of rotatable bonds is 10. The molecule has 1 atom stereocenters. The Morgan fingerprint density at radius 2 is 1.90 bits per heavy atom. The summed E-state index contributed by atoms with van der Waals surface area (Å²) in [6, 6.07) is 11.8. The molecule has 0 amide bonds. The number of hydrogen-bond donors (Lipinski definition) is 2. The number of hydrogen-bond acceptors (Lipinski definition) is 7. The number of benzene rings is 2. The predicted octanol–water partition coefficient (Wildman–Crippen LogP) is 4.74. The fourth-order valence-corrected chi connectivity index (χ4v) is 2.76. The number of fused-ring (bicyclic) bond motifs is 1. The number of hydroxylamine groups is 1. The molecule has 0 aliphatic heterocycles. The second-order valence-corrected chi connectivity index (χ2v) is 7.47. The predicted molar refractivity (Wildman–Crippen MR) is 116 cm³/mol. The molecule has 2 N–H and O–H groups in total. The summed E-state index contributed by atoms with van der Waals surface area (Å²) in [7, 11) is 0. The summed E-state index contributed by atoms with van der Waals surface area (Å²) in [4.78, 5) is 25.6. The number of aliphatic carboxylic acids is 1. The van der Waals surface area contributed by atoms with Gasteiger partial charge >= 0.3 is 5.97 Å². The van der Waals surface area contributed by atoms with E-state index in [4.69, 9.17) is 25.9 Å². The minimum Gasteiger partial charge on any atom is -0.478 e. The quantitative estimate of drug-likeness (QED) is 0.342. The zero-order valence-electron chi connectivity index (χ0n) is 17.1. The molecule has 3 rings (SSSR count). The summed E-state index contributed by atoms with van der Waals surface area (Å²) in [5, 5.41) is 10.2. The summed E-state index contributed by atoms with van der Waals surface area (Å²) in [6.45, 7) is 6.99. The van der Waals surface area contributed by atoms with Crippen LogP contribution in [0.15, 0.2) is 60.9 Å². The molecule has 0 saturated carbocycles. The van der Waals surface area contributed by atoms with E-state index in [2.05, 4.69) is 22.0 Å². The van der Waals surface area contributed by atoms with E-state index < -0.39 is 11.6 Å². The summed E-state index contributed by atoms with van der Waals surface area (Å²) < 4.78 is 11.5. The number of halogens is 1.